The molecule has 2 aliphatic rings. The van der Waals surface area contributed by atoms with Crippen molar-refractivity contribution in [3.05, 3.63) is 30.4 Å². The lowest BCUT2D eigenvalue weighted by Gasteiger charge is -2.38. The van der Waals surface area contributed by atoms with Crippen LogP contribution in [-0.4, -0.2) is 75.6 Å². The first kappa shape index (κ1) is 17.6. The van der Waals surface area contributed by atoms with E-state index in [2.05, 4.69) is 15.1 Å². The summed E-state index contributed by atoms with van der Waals surface area (Å²) in [4.78, 5) is 36.0. The summed E-state index contributed by atoms with van der Waals surface area (Å²) >= 11 is 0. The maximum atomic E-state index is 12.6. The molecule has 1 unspecified atom stereocenters. The summed E-state index contributed by atoms with van der Waals surface area (Å²) in [5.74, 6) is 0.895. The molecule has 2 saturated heterocycles. The Morgan fingerprint density at radius 3 is 3.04 bits per heavy atom. The number of rotatable bonds is 4. The Hall–Kier alpha value is -2.81. The van der Waals surface area contributed by atoms with Gasteiger partial charge in [-0.15, -0.1) is 0 Å². The fourth-order valence-corrected chi connectivity index (χ4v) is 3.54. The zero-order chi connectivity index (χ0) is 18.9. The molecule has 4 heterocycles. The second kappa shape index (κ2) is 7.07. The maximum Gasteiger partial charge on any atom is 0.248 e. The van der Waals surface area contributed by atoms with Crippen molar-refractivity contribution in [2.45, 2.75) is 24.9 Å². The Morgan fingerprint density at radius 1 is 1.37 bits per heavy atom. The number of amides is 2. The van der Waals surface area contributed by atoms with Crippen LogP contribution in [0.5, 0.6) is 0 Å². The van der Waals surface area contributed by atoms with Gasteiger partial charge in [-0.3, -0.25) is 14.6 Å². The number of aromatic nitrogens is 3. The van der Waals surface area contributed by atoms with Gasteiger partial charge in [-0.05, 0) is 18.6 Å². The van der Waals surface area contributed by atoms with Crippen molar-refractivity contribution in [2.75, 3.05) is 33.3 Å². The second-order valence-electron chi connectivity index (χ2n) is 7.04. The van der Waals surface area contributed by atoms with Crippen LogP contribution in [0.25, 0.3) is 11.4 Å². The van der Waals surface area contributed by atoms with E-state index in [9.17, 15) is 9.59 Å². The topological polar surface area (TPSA) is 102 Å². The Balaban J connectivity index is 1.32. The van der Waals surface area contributed by atoms with Crippen molar-refractivity contribution < 1.29 is 18.8 Å². The van der Waals surface area contributed by atoms with E-state index in [1.807, 2.05) is 6.07 Å². The molecule has 142 valence electrons. The van der Waals surface area contributed by atoms with Crippen LogP contribution >= 0.6 is 0 Å². The average Bonchev–Trinajstić information content (AvgIpc) is 3.32. The Bertz CT molecular complexity index is 839. The minimum atomic E-state index is -0.434. The Kier molecular flexibility index (Phi) is 4.61. The molecule has 0 bridgehead atoms. The van der Waals surface area contributed by atoms with Gasteiger partial charge in [-0.25, -0.2) is 0 Å². The number of hydrogen-bond donors (Lipinski definition) is 0. The molecule has 2 amide bonds. The third-order valence-electron chi connectivity index (χ3n) is 5.06. The van der Waals surface area contributed by atoms with Crippen molar-refractivity contribution in [1.29, 1.82) is 0 Å². The quantitative estimate of drug-likeness (QED) is 0.772. The van der Waals surface area contributed by atoms with E-state index in [1.54, 1.807) is 35.3 Å². The summed E-state index contributed by atoms with van der Waals surface area (Å²) in [5.41, 5.74) is 0.337. The lowest BCUT2D eigenvalue weighted by molar-refractivity contribution is -0.159. The molecular formula is C18H21N5O4. The lowest BCUT2D eigenvalue weighted by atomic mass is 10.0. The van der Waals surface area contributed by atoms with Crippen LogP contribution in [0.1, 0.15) is 18.7 Å². The molecular weight excluding hydrogens is 350 g/mol. The van der Waals surface area contributed by atoms with E-state index in [4.69, 9.17) is 9.26 Å². The molecule has 2 fully saturated rings. The third kappa shape index (κ3) is 3.68. The number of carbonyl (C=O) groups excluding carboxylic acids is 2. The van der Waals surface area contributed by atoms with E-state index in [0.717, 1.165) is 12.0 Å². The fourth-order valence-electron chi connectivity index (χ4n) is 3.54. The van der Waals surface area contributed by atoms with E-state index in [1.165, 1.54) is 0 Å². The molecule has 1 atom stereocenters. The first-order valence-electron chi connectivity index (χ1n) is 8.93. The zero-order valence-electron chi connectivity index (χ0n) is 15.1. The number of morpholine rings is 1. The molecule has 27 heavy (non-hydrogen) atoms. The second-order valence-corrected chi connectivity index (χ2v) is 7.04. The van der Waals surface area contributed by atoms with Crippen LogP contribution in [0.3, 0.4) is 0 Å². The summed E-state index contributed by atoms with van der Waals surface area (Å²) in [7, 11) is 1.77. The van der Waals surface area contributed by atoms with Gasteiger partial charge in [-0.1, -0.05) is 5.16 Å². The van der Waals surface area contributed by atoms with Gasteiger partial charge in [0.15, 0.2) is 0 Å². The number of likely N-dealkylation sites (tertiary alicyclic amines) is 1. The highest BCUT2D eigenvalue weighted by Crippen LogP contribution is 2.29. The monoisotopic (exact) mass is 371 g/mol. The van der Waals surface area contributed by atoms with Crippen LogP contribution in [-0.2, 0) is 20.7 Å². The van der Waals surface area contributed by atoms with Crippen LogP contribution in [0, 0.1) is 0 Å². The van der Waals surface area contributed by atoms with Crippen molar-refractivity contribution in [2.24, 2.45) is 0 Å². The number of ether oxygens (including phenoxy) is 1. The normalized spacial score (nSPS) is 22.6. The smallest absolute Gasteiger partial charge is 0.248 e. The van der Waals surface area contributed by atoms with Gasteiger partial charge in [0.2, 0.25) is 23.5 Å². The number of nitrogens with zero attached hydrogens (tertiary/aromatic N) is 5. The first-order valence-corrected chi connectivity index (χ1v) is 8.93. The number of carbonyl (C=O) groups is 2. The van der Waals surface area contributed by atoms with Gasteiger partial charge in [0.05, 0.1) is 13.1 Å². The van der Waals surface area contributed by atoms with Gasteiger partial charge in [0, 0.05) is 44.4 Å². The summed E-state index contributed by atoms with van der Waals surface area (Å²) in [6, 6.07) is 3.65. The minimum Gasteiger partial charge on any atom is -0.361 e. The van der Waals surface area contributed by atoms with Crippen LogP contribution < -0.4 is 0 Å². The predicted molar refractivity (Wildman–Crippen MR) is 93.4 cm³/mol. The molecule has 1 spiro atoms. The van der Waals surface area contributed by atoms with Gasteiger partial charge < -0.3 is 19.1 Å². The van der Waals surface area contributed by atoms with Crippen molar-refractivity contribution in [1.82, 2.24) is 24.9 Å². The third-order valence-corrected chi connectivity index (χ3v) is 5.06. The summed E-state index contributed by atoms with van der Waals surface area (Å²) in [6.45, 7) is 1.74. The van der Waals surface area contributed by atoms with E-state index >= 15 is 0 Å². The molecule has 0 saturated carbocycles. The van der Waals surface area contributed by atoms with Crippen molar-refractivity contribution in [3.63, 3.8) is 0 Å². The zero-order valence-corrected chi connectivity index (χ0v) is 15.1. The van der Waals surface area contributed by atoms with E-state index in [0.29, 0.717) is 44.2 Å². The highest BCUT2D eigenvalue weighted by Gasteiger charge is 2.45. The molecule has 0 aliphatic carbocycles. The molecule has 2 aromatic rings. The fraction of sp³-hybridized carbons (Fsp3) is 0.500. The molecule has 9 nitrogen and oxygen atoms in total. The van der Waals surface area contributed by atoms with Crippen LogP contribution in [0.4, 0.5) is 0 Å². The molecule has 0 N–H and O–H groups in total. The minimum absolute atomic E-state index is 0.0220. The summed E-state index contributed by atoms with van der Waals surface area (Å²) < 4.78 is 11.0. The summed E-state index contributed by atoms with van der Waals surface area (Å²) in [5, 5.41) is 3.94. The SMILES string of the molecule is CN1CC2(CCN(C(=O)CCc3nc(-c4cccnc4)no3)C2)OCC1=O. The summed E-state index contributed by atoms with van der Waals surface area (Å²) in [6.07, 6.45) is 4.75. The maximum absolute atomic E-state index is 12.6. The van der Waals surface area contributed by atoms with Gasteiger partial charge >= 0.3 is 0 Å². The molecule has 0 radical (unpaired) electrons. The lowest BCUT2D eigenvalue weighted by Crippen LogP contribution is -2.54. The standard InChI is InChI=1S/C18H21N5O4/c1-22-11-18(26-10-16(22)25)6-8-23(12-18)15(24)5-4-14-20-17(21-27-14)13-3-2-7-19-9-13/h2-3,7,9H,4-6,8,10-12H2,1H3. The Morgan fingerprint density at radius 2 is 2.26 bits per heavy atom. The molecule has 2 aliphatic heterocycles. The van der Waals surface area contributed by atoms with E-state index < -0.39 is 5.60 Å². The highest BCUT2D eigenvalue weighted by atomic mass is 16.5. The Labute approximate surface area is 156 Å². The van der Waals surface area contributed by atoms with Gasteiger partial charge in [-0.2, -0.15) is 4.98 Å². The van der Waals surface area contributed by atoms with Crippen LogP contribution in [0.15, 0.2) is 29.0 Å². The number of aryl methyl sites for hydroxylation is 1. The van der Waals surface area contributed by atoms with Gasteiger partial charge in [0.25, 0.3) is 0 Å². The first-order chi connectivity index (χ1) is 13.0. The number of pyridine rings is 1. The van der Waals surface area contributed by atoms with Crippen molar-refractivity contribution >= 4 is 11.8 Å². The largest absolute Gasteiger partial charge is 0.361 e. The molecule has 9 heteroatoms. The van der Waals surface area contributed by atoms with E-state index in [-0.39, 0.29) is 18.4 Å². The predicted octanol–water partition coefficient (Wildman–Crippen LogP) is 0.524. The molecule has 4 rings (SSSR count). The number of hydrogen-bond acceptors (Lipinski definition) is 7. The molecule has 2 aromatic heterocycles. The molecule has 0 aromatic carbocycles. The van der Waals surface area contributed by atoms with Crippen LogP contribution in [0.2, 0.25) is 0 Å². The average molecular weight is 371 g/mol. The van der Waals surface area contributed by atoms with Crippen molar-refractivity contribution in [3.8, 4) is 11.4 Å². The van der Waals surface area contributed by atoms with Gasteiger partial charge in [0.1, 0.15) is 12.2 Å². The highest BCUT2D eigenvalue weighted by molar-refractivity contribution is 5.79. The number of likely N-dealkylation sites (N-methyl/N-ethyl adjacent to an activating group) is 1.